The monoisotopic (exact) mass is 482 g/mol. The van der Waals surface area contributed by atoms with Crippen LogP contribution in [-0.2, 0) is 27.8 Å². The van der Waals surface area contributed by atoms with Crippen molar-refractivity contribution >= 4 is 15.9 Å². The second kappa shape index (κ2) is 10.6. The third-order valence-electron chi connectivity index (χ3n) is 5.35. The van der Waals surface area contributed by atoms with Gasteiger partial charge in [-0.15, -0.1) is 0 Å². The first-order valence-electron chi connectivity index (χ1n) is 10.8. The lowest BCUT2D eigenvalue weighted by atomic mass is 10.1. The molecule has 0 aromatic heterocycles. The summed E-state index contributed by atoms with van der Waals surface area (Å²) in [5, 5.41) is 2.83. The minimum atomic E-state index is -4.01. The van der Waals surface area contributed by atoms with Crippen molar-refractivity contribution in [2.45, 2.75) is 23.9 Å². The topological polar surface area (TPSA) is 103 Å². The van der Waals surface area contributed by atoms with Gasteiger partial charge in [-0.05, 0) is 41.8 Å². The number of fused-ring (bicyclic) bond motifs is 1. The maximum atomic E-state index is 13.2. The molecule has 0 aliphatic carbocycles. The zero-order chi connectivity index (χ0) is 24.0. The number of carbonyl (C=O) groups is 1. The van der Waals surface area contributed by atoms with E-state index in [1.165, 1.54) is 12.1 Å². The first-order valence-corrected chi connectivity index (χ1v) is 12.3. The van der Waals surface area contributed by atoms with Gasteiger partial charge >= 0.3 is 0 Å². The fourth-order valence-corrected chi connectivity index (χ4v) is 4.75. The van der Waals surface area contributed by atoms with Crippen LogP contribution in [0.2, 0.25) is 0 Å². The maximum absolute atomic E-state index is 13.2. The summed E-state index contributed by atoms with van der Waals surface area (Å²) in [6.07, 6.45) is 0.194. The fourth-order valence-electron chi connectivity index (χ4n) is 3.54. The molecule has 3 aromatic rings. The molecule has 3 aromatic carbocycles. The molecule has 34 heavy (non-hydrogen) atoms. The smallest absolute Gasteiger partial charge is 0.241 e. The Labute approximate surface area is 198 Å². The number of carbonyl (C=O) groups excluding carboxylic acids is 1. The van der Waals surface area contributed by atoms with E-state index in [1.807, 2.05) is 42.5 Å². The summed E-state index contributed by atoms with van der Waals surface area (Å²) < 4.78 is 45.0. The molecule has 0 saturated heterocycles. The summed E-state index contributed by atoms with van der Waals surface area (Å²) in [5.74, 6) is 1.13. The SMILES string of the molecule is COc1ccc(CNC(=O)[C@H](Cc2ccccc2)NS(=O)(=O)c2ccc3c(c2)OCCO3)cc1. The van der Waals surface area contributed by atoms with Gasteiger partial charge in [0.2, 0.25) is 15.9 Å². The second-order valence-electron chi connectivity index (χ2n) is 7.73. The molecule has 0 spiro atoms. The van der Waals surface area contributed by atoms with Gasteiger partial charge < -0.3 is 19.5 Å². The lowest BCUT2D eigenvalue weighted by Gasteiger charge is -2.21. The van der Waals surface area contributed by atoms with Gasteiger partial charge in [0.1, 0.15) is 25.0 Å². The van der Waals surface area contributed by atoms with E-state index in [0.29, 0.717) is 30.5 Å². The molecule has 0 radical (unpaired) electrons. The third-order valence-corrected chi connectivity index (χ3v) is 6.82. The minimum absolute atomic E-state index is 0.00207. The Kier molecular flexibility index (Phi) is 7.34. The van der Waals surface area contributed by atoms with Crippen LogP contribution in [0.4, 0.5) is 0 Å². The minimum Gasteiger partial charge on any atom is -0.497 e. The highest BCUT2D eigenvalue weighted by atomic mass is 32.2. The molecule has 1 amide bonds. The highest BCUT2D eigenvalue weighted by molar-refractivity contribution is 7.89. The van der Waals surface area contributed by atoms with Gasteiger partial charge in [0.15, 0.2) is 11.5 Å². The first-order chi connectivity index (χ1) is 16.4. The van der Waals surface area contributed by atoms with Crippen molar-refractivity contribution in [3.8, 4) is 17.2 Å². The van der Waals surface area contributed by atoms with Crippen LogP contribution < -0.4 is 24.2 Å². The number of amides is 1. The molecule has 1 heterocycles. The molecule has 0 fully saturated rings. The molecule has 9 heteroatoms. The number of ether oxygens (including phenoxy) is 3. The molecule has 0 unspecified atom stereocenters. The van der Waals surface area contributed by atoms with Crippen LogP contribution in [0.5, 0.6) is 17.2 Å². The van der Waals surface area contributed by atoms with Crippen molar-refractivity contribution in [2.24, 2.45) is 0 Å². The van der Waals surface area contributed by atoms with Crippen LogP contribution in [-0.4, -0.2) is 40.7 Å². The normalized spacial score (nSPS) is 13.7. The van der Waals surface area contributed by atoms with Crippen molar-refractivity contribution in [3.63, 3.8) is 0 Å². The lowest BCUT2D eigenvalue weighted by Crippen LogP contribution is -2.47. The van der Waals surface area contributed by atoms with Crippen molar-refractivity contribution < 1.29 is 27.4 Å². The van der Waals surface area contributed by atoms with Gasteiger partial charge in [-0.2, -0.15) is 4.72 Å². The van der Waals surface area contributed by atoms with Crippen molar-refractivity contribution in [1.82, 2.24) is 10.0 Å². The molecule has 1 aliphatic heterocycles. The predicted molar refractivity (Wildman–Crippen MR) is 127 cm³/mol. The Balaban J connectivity index is 1.52. The average Bonchev–Trinajstić information content (AvgIpc) is 2.87. The van der Waals surface area contributed by atoms with E-state index in [-0.39, 0.29) is 17.9 Å². The highest BCUT2D eigenvalue weighted by Crippen LogP contribution is 2.32. The molecular formula is C25H26N2O6S. The van der Waals surface area contributed by atoms with Crippen molar-refractivity contribution in [1.29, 1.82) is 0 Å². The van der Waals surface area contributed by atoms with E-state index in [0.717, 1.165) is 11.1 Å². The summed E-state index contributed by atoms with van der Waals surface area (Å²) in [7, 11) is -2.43. The Morgan fingerprint density at radius 2 is 1.65 bits per heavy atom. The predicted octanol–water partition coefficient (Wildman–Crippen LogP) is 2.67. The third kappa shape index (κ3) is 5.86. The standard InChI is InChI=1S/C25H26N2O6S/c1-31-20-9-7-19(8-10-20)17-26-25(28)22(15-18-5-3-2-4-6-18)27-34(29,30)21-11-12-23-24(16-21)33-14-13-32-23/h2-12,16,22,27H,13-15,17H2,1H3,(H,26,28)/t22-/m0/s1. The van der Waals surface area contributed by atoms with E-state index >= 15 is 0 Å². The van der Waals surface area contributed by atoms with Gasteiger partial charge in [0.25, 0.3) is 0 Å². The number of rotatable bonds is 9. The molecule has 1 aliphatic rings. The van der Waals surface area contributed by atoms with Crippen LogP contribution in [0.15, 0.2) is 77.7 Å². The van der Waals surface area contributed by atoms with E-state index in [9.17, 15) is 13.2 Å². The molecule has 0 saturated carbocycles. The molecule has 0 bridgehead atoms. The van der Waals surface area contributed by atoms with E-state index in [4.69, 9.17) is 14.2 Å². The van der Waals surface area contributed by atoms with E-state index < -0.39 is 22.0 Å². The lowest BCUT2D eigenvalue weighted by molar-refractivity contribution is -0.122. The maximum Gasteiger partial charge on any atom is 0.241 e. The highest BCUT2D eigenvalue weighted by Gasteiger charge is 2.27. The van der Waals surface area contributed by atoms with Gasteiger partial charge in [-0.25, -0.2) is 8.42 Å². The number of nitrogens with one attached hydrogen (secondary N) is 2. The number of hydrogen-bond donors (Lipinski definition) is 2. The van der Waals surface area contributed by atoms with Crippen LogP contribution in [0.1, 0.15) is 11.1 Å². The van der Waals surface area contributed by atoms with Gasteiger partial charge in [0.05, 0.1) is 12.0 Å². The van der Waals surface area contributed by atoms with Crippen LogP contribution in [0.3, 0.4) is 0 Å². The van der Waals surface area contributed by atoms with E-state index in [2.05, 4.69) is 10.0 Å². The quantitative estimate of drug-likeness (QED) is 0.486. The summed E-state index contributed by atoms with van der Waals surface area (Å²) >= 11 is 0. The molecule has 1 atom stereocenters. The molecular weight excluding hydrogens is 456 g/mol. The fraction of sp³-hybridized carbons (Fsp3) is 0.240. The van der Waals surface area contributed by atoms with Crippen LogP contribution in [0, 0.1) is 0 Å². The summed E-state index contributed by atoms with van der Waals surface area (Å²) in [5.41, 5.74) is 1.69. The number of methoxy groups -OCH3 is 1. The van der Waals surface area contributed by atoms with E-state index in [1.54, 1.807) is 25.3 Å². The Bertz CT molecular complexity index is 1230. The van der Waals surface area contributed by atoms with Crippen molar-refractivity contribution in [3.05, 3.63) is 83.9 Å². The van der Waals surface area contributed by atoms with Gasteiger partial charge in [0, 0.05) is 12.6 Å². The van der Waals surface area contributed by atoms with Crippen LogP contribution in [0.25, 0.3) is 0 Å². The number of sulfonamides is 1. The Hall–Kier alpha value is -3.56. The summed E-state index contributed by atoms with van der Waals surface area (Å²) in [6.45, 7) is 0.999. The largest absolute Gasteiger partial charge is 0.497 e. The summed E-state index contributed by atoms with van der Waals surface area (Å²) in [6, 6.07) is 19.9. The molecule has 4 rings (SSSR count). The summed E-state index contributed by atoms with van der Waals surface area (Å²) in [4.78, 5) is 13.1. The van der Waals surface area contributed by atoms with Crippen LogP contribution >= 0.6 is 0 Å². The Morgan fingerprint density at radius 3 is 2.35 bits per heavy atom. The zero-order valence-electron chi connectivity index (χ0n) is 18.7. The molecule has 178 valence electrons. The average molecular weight is 483 g/mol. The van der Waals surface area contributed by atoms with Crippen molar-refractivity contribution in [2.75, 3.05) is 20.3 Å². The first kappa shape index (κ1) is 23.6. The number of benzene rings is 3. The zero-order valence-corrected chi connectivity index (χ0v) is 19.5. The Morgan fingerprint density at radius 1 is 0.941 bits per heavy atom. The second-order valence-corrected chi connectivity index (χ2v) is 9.45. The molecule has 8 nitrogen and oxygen atoms in total. The number of hydrogen-bond acceptors (Lipinski definition) is 6. The van der Waals surface area contributed by atoms with Gasteiger partial charge in [-0.1, -0.05) is 42.5 Å². The molecule has 2 N–H and O–H groups in total. The van der Waals surface area contributed by atoms with Gasteiger partial charge in [-0.3, -0.25) is 4.79 Å².